The number of hydrogen-bond acceptors (Lipinski definition) is 2. The summed E-state index contributed by atoms with van der Waals surface area (Å²) in [5.41, 5.74) is 16.0. The first-order valence-electron chi connectivity index (χ1n) is 19.3. The van der Waals surface area contributed by atoms with Gasteiger partial charge in [0.05, 0.1) is 0 Å². The predicted octanol–water partition coefficient (Wildman–Crippen LogP) is 14.0. The highest BCUT2D eigenvalue weighted by Gasteiger charge is 2.37. The maximum atomic E-state index is 2.42. The van der Waals surface area contributed by atoms with Gasteiger partial charge < -0.3 is 0 Å². The standard InChI is InChI=1S/C52H43N3/c1-51(2)45-26-16-14-24-41(45)43-30-28-39(34-47(43)51)53(36-18-8-5-9-19-36)49-32-33-50(55(49)38-22-12-7-13-23-38)54(37-20-10-6-11-21-37)40-29-31-44-42-25-15-17-27-46(42)52(3,4)48(44)35-40/h5-35H,1-4H3. The van der Waals surface area contributed by atoms with Gasteiger partial charge in [-0.25, -0.2) is 0 Å². The number of fused-ring (bicyclic) bond motifs is 6. The quantitative estimate of drug-likeness (QED) is 0.163. The van der Waals surface area contributed by atoms with Gasteiger partial charge in [0, 0.05) is 39.3 Å². The minimum Gasteiger partial charge on any atom is -0.296 e. The number of para-hydroxylation sites is 3. The van der Waals surface area contributed by atoms with Gasteiger partial charge in [-0.1, -0.05) is 143 Å². The molecular weight excluding hydrogens is 667 g/mol. The highest BCUT2D eigenvalue weighted by Crippen LogP contribution is 2.53. The van der Waals surface area contributed by atoms with E-state index in [1.807, 2.05) is 0 Å². The van der Waals surface area contributed by atoms with E-state index in [9.17, 15) is 0 Å². The third-order valence-corrected chi connectivity index (χ3v) is 12.0. The van der Waals surface area contributed by atoms with Crippen molar-refractivity contribution in [3.8, 4) is 27.9 Å². The molecule has 0 bridgehead atoms. The van der Waals surface area contributed by atoms with Crippen LogP contribution in [0.4, 0.5) is 34.4 Å². The lowest BCUT2D eigenvalue weighted by molar-refractivity contribution is 0.660. The lowest BCUT2D eigenvalue weighted by atomic mass is 9.82. The van der Waals surface area contributed by atoms with Crippen molar-refractivity contribution in [2.45, 2.75) is 38.5 Å². The zero-order valence-electron chi connectivity index (χ0n) is 31.7. The van der Waals surface area contributed by atoms with Crippen molar-refractivity contribution in [3.63, 3.8) is 0 Å². The summed E-state index contributed by atoms with van der Waals surface area (Å²) < 4.78 is 2.42. The zero-order chi connectivity index (χ0) is 37.3. The van der Waals surface area contributed by atoms with Crippen molar-refractivity contribution < 1.29 is 0 Å². The molecule has 1 heterocycles. The van der Waals surface area contributed by atoms with E-state index in [0.717, 1.165) is 40.1 Å². The Morgan fingerprint density at radius 3 is 1.13 bits per heavy atom. The Labute approximate surface area is 324 Å². The molecule has 3 heteroatoms. The van der Waals surface area contributed by atoms with Crippen LogP contribution in [0.5, 0.6) is 0 Å². The van der Waals surface area contributed by atoms with Crippen molar-refractivity contribution in [1.82, 2.24) is 4.57 Å². The van der Waals surface area contributed by atoms with Crippen molar-refractivity contribution in [3.05, 3.63) is 210 Å². The van der Waals surface area contributed by atoms with Crippen molar-refractivity contribution in [1.29, 1.82) is 0 Å². The molecule has 0 atom stereocenters. The van der Waals surface area contributed by atoms with Crippen LogP contribution in [0.15, 0.2) is 188 Å². The van der Waals surface area contributed by atoms with Crippen LogP contribution < -0.4 is 9.80 Å². The molecule has 0 fully saturated rings. The number of benzene rings is 7. The van der Waals surface area contributed by atoms with Crippen molar-refractivity contribution in [2.75, 3.05) is 9.80 Å². The third-order valence-electron chi connectivity index (χ3n) is 12.0. The molecule has 7 aromatic carbocycles. The van der Waals surface area contributed by atoms with E-state index in [1.165, 1.54) is 44.5 Å². The van der Waals surface area contributed by atoms with E-state index in [0.29, 0.717) is 0 Å². The average Bonchev–Trinajstić information content (AvgIpc) is 3.82. The summed E-state index contributed by atoms with van der Waals surface area (Å²) in [7, 11) is 0. The van der Waals surface area contributed by atoms with Gasteiger partial charge in [-0.05, 0) is 117 Å². The second-order valence-corrected chi connectivity index (χ2v) is 15.9. The highest BCUT2D eigenvalue weighted by atomic mass is 15.3. The van der Waals surface area contributed by atoms with Gasteiger partial charge in [-0.2, -0.15) is 0 Å². The molecule has 0 saturated carbocycles. The number of nitrogens with zero attached hydrogens (tertiary/aromatic N) is 3. The molecule has 0 radical (unpaired) electrons. The molecule has 0 amide bonds. The minimum atomic E-state index is -0.123. The SMILES string of the molecule is CC1(C)c2ccccc2-c2ccc(N(c3ccccc3)c3ccc(N(c4ccccc4)c4ccc5c(c4)C(C)(C)c4ccccc4-5)n3-c3ccccc3)cc21. The van der Waals surface area contributed by atoms with Gasteiger partial charge in [0.25, 0.3) is 0 Å². The summed E-state index contributed by atoms with van der Waals surface area (Å²) in [5, 5.41) is 0. The first-order chi connectivity index (χ1) is 26.8. The normalized spacial score (nSPS) is 14.1. The second-order valence-electron chi connectivity index (χ2n) is 15.9. The third kappa shape index (κ3) is 5.11. The van der Waals surface area contributed by atoms with Crippen LogP contribution >= 0.6 is 0 Å². The van der Waals surface area contributed by atoms with Crippen LogP contribution in [-0.2, 0) is 10.8 Å². The van der Waals surface area contributed by atoms with Crippen LogP contribution in [0, 0.1) is 0 Å². The molecule has 0 unspecified atom stereocenters. The fraction of sp³-hybridized carbons (Fsp3) is 0.115. The van der Waals surface area contributed by atoms with E-state index >= 15 is 0 Å². The van der Waals surface area contributed by atoms with Gasteiger partial charge in [-0.3, -0.25) is 14.4 Å². The Morgan fingerprint density at radius 1 is 0.327 bits per heavy atom. The highest BCUT2D eigenvalue weighted by molar-refractivity contribution is 5.89. The summed E-state index contributed by atoms with van der Waals surface area (Å²) in [6.45, 7) is 9.42. The van der Waals surface area contributed by atoms with Gasteiger partial charge >= 0.3 is 0 Å². The first-order valence-corrected chi connectivity index (χ1v) is 19.3. The van der Waals surface area contributed by atoms with Crippen LogP contribution in [0.2, 0.25) is 0 Å². The zero-order valence-corrected chi connectivity index (χ0v) is 31.7. The van der Waals surface area contributed by atoms with E-state index in [-0.39, 0.29) is 10.8 Å². The molecule has 266 valence electrons. The molecule has 0 aliphatic heterocycles. The summed E-state index contributed by atoms with van der Waals surface area (Å²) in [6, 6.07) is 68.7. The Kier molecular flexibility index (Phi) is 7.50. The fourth-order valence-corrected chi connectivity index (χ4v) is 9.25. The van der Waals surface area contributed by atoms with E-state index in [2.05, 4.69) is 230 Å². The number of rotatable bonds is 7. The maximum absolute atomic E-state index is 2.42. The Balaban J connectivity index is 1.20. The summed E-state index contributed by atoms with van der Waals surface area (Å²) in [4.78, 5) is 4.84. The molecule has 3 nitrogen and oxygen atoms in total. The predicted molar refractivity (Wildman–Crippen MR) is 230 cm³/mol. The van der Waals surface area contributed by atoms with Crippen molar-refractivity contribution >= 4 is 34.4 Å². The Hall–Kier alpha value is -6.58. The topological polar surface area (TPSA) is 11.4 Å². The van der Waals surface area contributed by atoms with Crippen LogP contribution in [0.3, 0.4) is 0 Å². The lowest BCUT2D eigenvalue weighted by Crippen LogP contribution is -2.20. The van der Waals surface area contributed by atoms with Gasteiger partial charge in [-0.15, -0.1) is 0 Å². The van der Waals surface area contributed by atoms with Crippen LogP contribution in [0.25, 0.3) is 27.9 Å². The van der Waals surface area contributed by atoms with Gasteiger partial charge in [0.15, 0.2) is 0 Å². The molecule has 8 aromatic rings. The number of aromatic nitrogens is 1. The first kappa shape index (κ1) is 33.0. The molecular formula is C52H43N3. The van der Waals surface area contributed by atoms with Crippen LogP contribution in [-0.4, -0.2) is 4.57 Å². The summed E-state index contributed by atoms with van der Waals surface area (Å²) >= 11 is 0. The molecule has 2 aliphatic carbocycles. The monoisotopic (exact) mass is 709 g/mol. The molecule has 0 N–H and O–H groups in total. The molecule has 0 spiro atoms. The van der Waals surface area contributed by atoms with Gasteiger partial charge in [0.1, 0.15) is 11.6 Å². The fourth-order valence-electron chi connectivity index (χ4n) is 9.25. The van der Waals surface area contributed by atoms with Crippen LogP contribution in [0.1, 0.15) is 49.9 Å². The molecule has 55 heavy (non-hydrogen) atoms. The summed E-state index contributed by atoms with van der Waals surface area (Å²) in [5.74, 6) is 2.10. The molecule has 2 aliphatic rings. The lowest BCUT2D eigenvalue weighted by Gasteiger charge is -2.32. The Morgan fingerprint density at radius 2 is 0.691 bits per heavy atom. The van der Waals surface area contributed by atoms with E-state index in [1.54, 1.807) is 0 Å². The average molecular weight is 710 g/mol. The second kappa shape index (κ2) is 12.5. The van der Waals surface area contributed by atoms with Crippen molar-refractivity contribution in [2.24, 2.45) is 0 Å². The largest absolute Gasteiger partial charge is 0.296 e. The van der Waals surface area contributed by atoms with Gasteiger partial charge in [0.2, 0.25) is 0 Å². The molecule has 0 saturated heterocycles. The molecule has 10 rings (SSSR count). The Bertz CT molecular complexity index is 2540. The minimum absolute atomic E-state index is 0.123. The number of anilines is 6. The van der Waals surface area contributed by atoms with E-state index in [4.69, 9.17) is 0 Å². The van der Waals surface area contributed by atoms with E-state index < -0.39 is 0 Å². The molecule has 1 aromatic heterocycles. The maximum Gasteiger partial charge on any atom is 0.124 e. The number of hydrogen-bond donors (Lipinski definition) is 0. The summed E-state index contributed by atoms with van der Waals surface area (Å²) in [6.07, 6.45) is 0. The smallest absolute Gasteiger partial charge is 0.124 e.